The van der Waals surface area contributed by atoms with Gasteiger partial charge in [0.25, 0.3) is 0 Å². The van der Waals surface area contributed by atoms with E-state index in [0.717, 1.165) is 40.7 Å². The summed E-state index contributed by atoms with van der Waals surface area (Å²) in [6, 6.07) is 6.02. The Kier molecular flexibility index (Phi) is 3.81. The Bertz CT molecular complexity index is 611. The first-order valence-electron chi connectivity index (χ1n) is 6.91. The van der Waals surface area contributed by atoms with Crippen LogP contribution in [0.1, 0.15) is 43.0 Å². The Balaban J connectivity index is 1.86. The van der Waals surface area contributed by atoms with E-state index >= 15 is 0 Å². The van der Waals surface area contributed by atoms with Crippen molar-refractivity contribution in [3.63, 3.8) is 0 Å². The van der Waals surface area contributed by atoms with Crippen molar-refractivity contribution in [2.45, 2.75) is 38.5 Å². The Morgan fingerprint density at radius 1 is 1.50 bits per heavy atom. The molecule has 0 amide bonds. The average molecular weight is 336 g/mol. The lowest BCUT2D eigenvalue weighted by Gasteiger charge is -2.29. The van der Waals surface area contributed by atoms with Crippen LogP contribution in [-0.2, 0) is 6.54 Å². The minimum Gasteiger partial charge on any atom is -0.485 e. The number of hydrogen-bond donors (Lipinski definition) is 1. The van der Waals surface area contributed by atoms with Crippen molar-refractivity contribution in [3.8, 4) is 5.75 Å². The molecule has 1 unspecified atom stereocenters. The fourth-order valence-corrected chi connectivity index (χ4v) is 2.92. The van der Waals surface area contributed by atoms with Gasteiger partial charge in [-0.1, -0.05) is 28.9 Å². The maximum Gasteiger partial charge on any atom is 0.129 e. The molecule has 0 fully saturated rings. The van der Waals surface area contributed by atoms with E-state index in [-0.39, 0.29) is 12.1 Å². The molecule has 0 saturated carbocycles. The molecule has 1 aliphatic heterocycles. The molecule has 1 aliphatic rings. The van der Waals surface area contributed by atoms with Crippen molar-refractivity contribution in [1.29, 1.82) is 0 Å². The summed E-state index contributed by atoms with van der Waals surface area (Å²) in [4.78, 5) is 0. The molecule has 1 aromatic carbocycles. The topological polar surface area (TPSA) is 53.1 Å². The number of ether oxygens (including phenoxy) is 1. The second kappa shape index (κ2) is 5.58. The van der Waals surface area contributed by atoms with Crippen molar-refractivity contribution in [3.05, 3.63) is 46.2 Å². The maximum atomic E-state index is 6.27. The molecule has 106 valence electrons. The highest BCUT2D eigenvalue weighted by Gasteiger charge is 2.28. The number of benzene rings is 1. The van der Waals surface area contributed by atoms with Crippen LogP contribution < -0.4 is 10.5 Å². The molecule has 2 atom stereocenters. The Labute approximate surface area is 127 Å². The van der Waals surface area contributed by atoms with Gasteiger partial charge in [-0.05, 0) is 18.6 Å². The van der Waals surface area contributed by atoms with E-state index in [1.807, 2.05) is 29.1 Å². The quantitative estimate of drug-likeness (QED) is 0.932. The number of nitrogens with zero attached hydrogens (tertiary/aromatic N) is 2. The predicted molar refractivity (Wildman–Crippen MR) is 81.6 cm³/mol. The first-order valence-corrected chi connectivity index (χ1v) is 7.70. The zero-order valence-electron chi connectivity index (χ0n) is 11.4. The summed E-state index contributed by atoms with van der Waals surface area (Å²) >= 11 is 3.47. The summed E-state index contributed by atoms with van der Waals surface area (Å²) in [5.74, 6) is 0.867. The lowest BCUT2D eigenvalue weighted by molar-refractivity contribution is 0.161. The molecule has 2 N–H and O–H groups in total. The third-order valence-electron chi connectivity index (χ3n) is 3.59. The fourth-order valence-electron chi connectivity index (χ4n) is 2.58. The molecular formula is C15H18BrN3O. The molecule has 2 heterocycles. The van der Waals surface area contributed by atoms with Gasteiger partial charge in [0.2, 0.25) is 0 Å². The van der Waals surface area contributed by atoms with Crippen LogP contribution >= 0.6 is 15.9 Å². The molecule has 4 nitrogen and oxygen atoms in total. The van der Waals surface area contributed by atoms with Gasteiger partial charge in [-0.2, -0.15) is 5.10 Å². The van der Waals surface area contributed by atoms with Crippen LogP contribution in [0.2, 0.25) is 0 Å². The number of aryl methyl sites for hydroxylation is 1. The van der Waals surface area contributed by atoms with Crippen LogP contribution in [0.25, 0.3) is 0 Å². The third-order valence-corrected chi connectivity index (χ3v) is 4.08. The molecule has 0 radical (unpaired) electrons. The van der Waals surface area contributed by atoms with Crippen molar-refractivity contribution in [2.24, 2.45) is 5.73 Å². The molecule has 0 spiro atoms. The monoisotopic (exact) mass is 335 g/mol. The van der Waals surface area contributed by atoms with Crippen LogP contribution in [0.15, 0.2) is 35.1 Å². The summed E-state index contributed by atoms with van der Waals surface area (Å²) in [5, 5.41) is 4.37. The van der Waals surface area contributed by atoms with E-state index in [1.165, 1.54) is 0 Å². The van der Waals surface area contributed by atoms with Crippen molar-refractivity contribution < 1.29 is 4.74 Å². The van der Waals surface area contributed by atoms with Crippen LogP contribution in [-0.4, -0.2) is 9.78 Å². The molecule has 2 aromatic rings. The number of hydrogen-bond acceptors (Lipinski definition) is 3. The second-order valence-electron chi connectivity index (χ2n) is 5.17. The van der Waals surface area contributed by atoms with Gasteiger partial charge in [-0.15, -0.1) is 0 Å². The van der Waals surface area contributed by atoms with Crippen molar-refractivity contribution in [1.82, 2.24) is 9.78 Å². The highest BCUT2D eigenvalue weighted by Crippen LogP contribution is 2.40. The van der Waals surface area contributed by atoms with Gasteiger partial charge in [-0.25, -0.2) is 0 Å². The van der Waals surface area contributed by atoms with Gasteiger partial charge in [0, 0.05) is 40.8 Å². The summed E-state index contributed by atoms with van der Waals surface area (Å²) in [6.07, 6.45) is 5.78. The second-order valence-corrected chi connectivity index (χ2v) is 6.08. The summed E-state index contributed by atoms with van der Waals surface area (Å²) in [7, 11) is 0. The number of nitrogens with two attached hydrogens (primary N) is 1. The van der Waals surface area contributed by atoms with Gasteiger partial charge in [0.15, 0.2) is 0 Å². The first-order chi connectivity index (χ1) is 9.67. The highest BCUT2D eigenvalue weighted by molar-refractivity contribution is 9.10. The zero-order valence-corrected chi connectivity index (χ0v) is 13.0. The van der Waals surface area contributed by atoms with Crippen molar-refractivity contribution in [2.75, 3.05) is 0 Å². The maximum absolute atomic E-state index is 6.27. The van der Waals surface area contributed by atoms with Gasteiger partial charge >= 0.3 is 0 Å². The van der Waals surface area contributed by atoms with Gasteiger partial charge in [-0.3, -0.25) is 4.68 Å². The SMILES string of the molecule is CCCn1cc(C2C[C@H](N)c3ccc(Br)cc3O2)cn1. The lowest BCUT2D eigenvalue weighted by atomic mass is 9.95. The molecule has 0 saturated heterocycles. The average Bonchev–Trinajstić information content (AvgIpc) is 2.87. The fraction of sp³-hybridized carbons (Fsp3) is 0.400. The van der Waals surface area contributed by atoms with E-state index in [2.05, 4.69) is 34.1 Å². The smallest absolute Gasteiger partial charge is 0.129 e. The normalized spacial score (nSPS) is 21.4. The highest BCUT2D eigenvalue weighted by atomic mass is 79.9. The first kappa shape index (κ1) is 13.6. The van der Waals surface area contributed by atoms with E-state index in [9.17, 15) is 0 Å². The van der Waals surface area contributed by atoms with Crippen molar-refractivity contribution >= 4 is 15.9 Å². The summed E-state index contributed by atoms with van der Waals surface area (Å²) < 4.78 is 9.06. The number of rotatable bonds is 3. The number of aromatic nitrogens is 2. The number of halogens is 1. The number of fused-ring (bicyclic) bond motifs is 1. The minimum atomic E-state index is -0.0163. The van der Waals surface area contributed by atoms with Gasteiger partial charge in [0.1, 0.15) is 11.9 Å². The van der Waals surface area contributed by atoms with Crippen LogP contribution in [0.3, 0.4) is 0 Å². The molecule has 20 heavy (non-hydrogen) atoms. The molecule has 3 rings (SSSR count). The van der Waals surface area contributed by atoms with Crippen LogP contribution in [0.4, 0.5) is 0 Å². The molecule has 0 aliphatic carbocycles. The summed E-state index contributed by atoms with van der Waals surface area (Å²) in [6.45, 7) is 3.07. The van der Waals surface area contributed by atoms with Gasteiger partial charge < -0.3 is 10.5 Å². The third kappa shape index (κ3) is 2.60. The Morgan fingerprint density at radius 2 is 2.35 bits per heavy atom. The summed E-state index contributed by atoms with van der Waals surface area (Å²) in [5.41, 5.74) is 8.44. The predicted octanol–water partition coefficient (Wildman–Crippen LogP) is 3.58. The Hall–Kier alpha value is -1.33. The lowest BCUT2D eigenvalue weighted by Crippen LogP contribution is -2.23. The van der Waals surface area contributed by atoms with Crippen LogP contribution in [0, 0.1) is 0 Å². The zero-order chi connectivity index (χ0) is 14.1. The van der Waals surface area contributed by atoms with E-state index in [1.54, 1.807) is 0 Å². The molecular weight excluding hydrogens is 318 g/mol. The Morgan fingerprint density at radius 3 is 3.15 bits per heavy atom. The largest absolute Gasteiger partial charge is 0.485 e. The van der Waals surface area contributed by atoms with Gasteiger partial charge in [0.05, 0.1) is 6.20 Å². The molecule has 0 bridgehead atoms. The molecule has 1 aromatic heterocycles. The molecule has 5 heteroatoms. The van der Waals surface area contributed by atoms with E-state index < -0.39 is 0 Å². The van der Waals surface area contributed by atoms with Crippen LogP contribution in [0.5, 0.6) is 5.75 Å². The van der Waals surface area contributed by atoms with E-state index in [0.29, 0.717) is 0 Å². The van der Waals surface area contributed by atoms with E-state index in [4.69, 9.17) is 10.5 Å². The minimum absolute atomic E-state index is 0.00590. The standard InChI is InChI=1S/C15H18BrN3O/c1-2-5-19-9-10(8-18-19)14-7-13(17)12-4-3-11(16)6-15(12)20-14/h3-4,6,8-9,13-14H,2,5,7,17H2,1H3/t13-,14?/m0/s1.